The first kappa shape index (κ1) is 13.5. The lowest BCUT2D eigenvalue weighted by molar-refractivity contribution is 0.170. The standard InChI is InChI=1S/C17H16N2O2/c1-11-3-7-13(8-4-11)15(20)17-18-16(19-21-17)14-9-5-12(2)6-10-14/h3-10,15,20H,1-2H3. The fourth-order valence-electron chi connectivity index (χ4n) is 2.06. The molecule has 1 heterocycles. The van der Waals surface area contributed by atoms with Crippen LogP contribution in [0.1, 0.15) is 28.7 Å². The zero-order valence-electron chi connectivity index (χ0n) is 11.9. The highest BCUT2D eigenvalue weighted by atomic mass is 16.5. The molecular weight excluding hydrogens is 264 g/mol. The van der Waals surface area contributed by atoms with Crippen LogP contribution in [0.3, 0.4) is 0 Å². The Kier molecular flexibility index (Phi) is 3.54. The molecular formula is C17H16N2O2. The molecule has 0 saturated heterocycles. The largest absolute Gasteiger partial charge is 0.378 e. The van der Waals surface area contributed by atoms with Crippen molar-refractivity contribution < 1.29 is 9.63 Å². The van der Waals surface area contributed by atoms with Gasteiger partial charge in [-0.15, -0.1) is 0 Å². The molecule has 0 radical (unpaired) electrons. The van der Waals surface area contributed by atoms with E-state index in [1.807, 2.05) is 62.4 Å². The average molecular weight is 280 g/mol. The van der Waals surface area contributed by atoms with Crippen molar-refractivity contribution in [2.45, 2.75) is 20.0 Å². The molecule has 0 saturated carbocycles. The van der Waals surface area contributed by atoms with Crippen LogP contribution >= 0.6 is 0 Å². The van der Waals surface area contributed by atoms with E-state index >= 15 is 0 Å². The number of aliphatic hydroxyl groups is 1. The van der Waals surface area contributed by atoms with Crippen molar-refractivity contribution in [1.29, 1.82) is 0 Å². The molecule has 0 aliphatic heterocycles. The van der Waals surface area contributed by atoms with Gasteiger partial charge in [0, 0.05) is 5.56 Å². The number of aromatic nitrogens is 2. The molecule has 4 nitrogen and oxygen atoms in total. The van der Waals surface area contributed by atoms with Gasteiger partial charge in [-0.3, -0.25) is 0 Å². The second kappa shape index (κ2) is 5.50. The van der Waals surface area contributed by atoms with Crippen molar-refractivity contribution >= 4 is 0 Å². The maximum absolute atomic E-state index is 10.3. The summed E-state index contributed by atoms with van der Waals surface area (Å²) in [6.07, 6.45) is -0.905. The molecule has 0 aliphatic carbocycles. The maximum atomic E-state index is 10.3. The Bertz CT molecular complexity index is 730. The van der Waals surface area contributed by atoms with Gasteiger partial charge < -0.3 is 9.63 Å². The molecule has 1 N–H and O–H groups in total. The Morgan fingerprint density at radius 2 is 1.48 bits per heavy atom. The minimum atomic E-state index is -0.905. The Labute approximate surface area is 123 Å². The van der Waals surface area contributed by atoms with E-state index in [0.717, 1.165) is 16.7 Å². The van der Waals surface area contributed by atoms with Gasteiger partial charge in [0.2, 0.25) is 5.82 Å². The first-order valence-electron chi connectivity index (χ1n) is 6.79. The molecule has 2 aromatic carbocycles. The lowest BCUT2D eigenvalue weighted by Gasteiger charge is -2.05. The molecule has 106 valence electrons. The quantitative estimate of drug-likeness (QED) is 0.798. The van der Waals surface area contributed by atoms with Crippen molar-refractivity contribution in [2.24, 2.45) is 0 Å². The second-order valence-electron chi connectivity index (χ2n) is 5.14. The molecule has 3 aromatic rings. The third-order valence-electron chi connectivity index (χ3n) is 3.38. The van der Waals surface area contributed by atoms with Crippen LogP contribution in [0.4, 0.5) is 0 Å². The maximum Gasteiger partial charge on any atom is 0.260 e. The van der Waals surface area contributed by atoms with E-state index in [9.17, 15) is 5.11 Å². The number of rotatable bonds is 3. The molecule has 1 unspecified atom stereocenters. The average Bonchev–Trinajstić information content (AvgIpc) is 2.98. The number of nitrogens with zero attached hydrogens (tertiary/aromatic N) is 2. The van der Waals surface area contributed by atoms with Gasteiger partial charge in [-0.05, 0) is 19.4 Å². The van der Waals surface area contributed by atoms with Gasteiger partial charge in [0.05, 0.1) is 0 Å². The molecule has 0 bridgehead atoms. The summed E-state index contributed by atoms with van der Waals surface area (Å²) in [6, 6.07) is 15.4. The third-order valence-corrected chi connectivity index (χ3v) is 3.38. The van der Waals surface area contributed by atoms with Gasteiger partial charge in [0.1, 0.15) is 0 Å². The summed E-state index contributed by atoms with van der Waals surface area (Å²) in [5, 5.41) is 14.2. The van der Waals surface area contributed by atoms with Crippen molar-refractivity contribution in [2.75, 3.05) is 0 Å². The van der Waals surface area contributed by atoms with Crippen LogP contribution in [0, 0.1) is 13.8 Å². The van der Waals surface area contributed by atoms with Gasteiger partial charge in [-0.2, -0.15) is 4.98 Å². The summed E-state index contributed by atoms with van der Waals surface area (Å²) >= 11 is 0. The summed E-state index contributed by atoms with van der Waals surface area (Å²) in [5.74, 6) is 0.686. The number of hydrogen-bond acceptors (Lipinski definition) is 4. The second-order valence-corrected chi connectivity index (χ2v) is 5.14. The smallest absolute Gasteiger partial charge is 0.260 e. The summed E-state index contributed by atoms with van der Waals surface area (Å²) < 4.78 is 5.18. The fourth-order valence-corrected chi connectivity index (χ4v) is 2.06. The highest BCUT2D eigenvalue weighted by Gasteiger charge is 2.18. The molecule has 21 heavy (non-hydrogen) atoms. The zero-order chi connectivity index (χ0) is 14.8. The number of benzene rings is 2. The number of hydrogen-bond donors (Lipinski definition) is 1. The summed E-state index contributed by atoms with van der Waals surface area (Å²) in [4.78, 5) is 4.28. The van der Waals surface area contributed by atoms with Crippen LogP contribution in [-0.2, 0) is 0 Å². The van der Waals surface area contributed by atoms with Gasteiger partial charge in [0.25, 0.3) is 5.89 Å². The van der Waals surface area contributed by atoms with Crippen LogP contribution in [0.2, 0.25) is 0 Å². The SMILES string of the molecule is Cc1ccc(-c2noc(C(O)c3ccc(C)cc3)n2)cc1. The van der Waals surface area contributed by atoms with E-state index in [0.29, 0.717) is 5.82 Å². The predicted molar refractivity (Wildman–Crippen MR) is 79.7 cm³/mol. The minimum absolute atomic E-state index is 0.203. The molecule has 1 atom stereocenters. The molecule has 0 fully saturated rings. The summed E-state index contributed by atoms with van der Waals surface area (Å²) in [5.41, 5.74) is 3.91. The van der Waals surface area contributed by atoms with E-state index < -0.39 is 6.10 Å². The molecule has 0 aliphatic rings. The van der Waals surface area contributed by atoms with E-state index in [-0.39, 0.29) is 5.89 Å². The van der Waals surface area contributed by atoms with Crippen molar-refractivity contribution in [3.8, 4) is 11.4 Å². The molecule has 0 amide bonds. The first-order valence-corrected chi connectivity index (χ1v) is 6.79. The van der Waals surface area contributed by atoms with E-state index in [1.54, 1.807) is 0 Å². The van der Waals surface area contributed by atoms with Gasteiger partial charge >= 0.3 is 0 Å². The van der Waals surface area contributed by atoms with E-state index in [1.165, 1.54) is 5.56 Å². The zero-order valence-corrected chi connectivity index (χ0v) is 11.9. The lowest BCUT2D eigenvalue weighted by atomic mass is 10.1. The topological polar surface area (TPSA) is 59.2 Å². The molecule has 1 aromatic heterocycles. The van der Waals surface area contributed by atoms with Crippen molar-refractivity contribution in [3.63, 3.8) is 0 Å². The van der Waals surface area contributed by atoms with Gasteiger partial charge in [0.15, 0.2) is 6.10 Å². The van der Waals surface area contributed by atoms with Crippen LogP contribution < -0.4 is 0 Å². The third kappa shape index (κ3) is 2.85. The number of aliphatic hydroxyl groups excluding tert-OH is 1. The van der Waals surface area contributed by atoms with Gasteiger partial charge in [-0.25, -0.2) is 0 Å². The van der Waals surface area contributed by atoms with Crippen molar-refractivity contribution in [1.82, 2.24) is 10.1 Å². The normalized spacial score (nSPS) is 12.3. The predicted octanol–water partition coefficient (Wildman–Crippen LogP) is 3.44. The molecule has 0 spiro atoms. The Morgan fingerprint density at radius 3 is 2.10 bits per heavy atom. The first-order chi connectivity index (χ1) is 10.1. The monoisotopic (exact) mass is 280 g/mol. The van der Waals surface area contributed by atoms with E-state index in [2.05, 4.69) is 10.1 Å². The summed E-state index contributed by atoms with van der Waals surface area (Å²) in [6.45, 7) is 4.02. The fraction of sp³-hybridized carbons (Fsp3) is 0.176. The lowest BCUT2D eigenvalue weighted by Crippen LogP contribution is -1.99. The van der Waals surface area contributed by atoms with Crippen LogP contribution in [-0.4, -0.2) is 15.2 Å². The minimum Gasteiger partial charge on any atom is -0.378 e. The highest BCUT2D eigenvalue weighted by molar-refractivity contribution is 5.54. The van der Waals surface area contributed by atoms with Crippen LogP contribution in [0.15, 0.2) is 53.1 Å². The molecule has 4 heteroatoms. The Hall–Kier alpha value is -2.46. The van der Waals surface area contributed by atoms with Crippen molar-refractivity contribution in [3.05, 3.63) is 71.1 Å². The van der Waals surface area contributed by atoms with E-state index in [4.69, 9.17) is 4.52 Å². The number of aryl methyl sites for hydroxylation is 2. The van der Waals surface area contributed by atoms with Crippen LogP contribution in [0.25, 0.3) is 11.4 Å². The highest BCUT2D eigenvalue weighted by Crippen LogP contribution is 2.23. The van der Waals surface area contributed by atoms with Crippen LogP contribution in [0.5, 0.6) is 0 Å². The Balaban J connectivity index is 1.87. The summed E-state index contributed by atoms with van der Waals surface area (Å²) in [7, 11) is 0. The Morgan fingerprint density at radius 1 is 0.905 bits per heavy atom. The molecule has 3 rings (SSSR count). The van der Waals surface area contributed by atoms with Gasteiger partial charge in [-0.1, -0.05) is 64.8 Å².